The Morgan fingerprint density at radius 2 is 2.17 bits per heavy atom. The first-order chi connectivity index (χ1) is 10.7. The van der Waals surface area contributed by atoms with Crippen molar-refractivity contribution >= 4 is 17.7 Å². The van der Waals surface area contributed by atoms with E-state index in [4.69, 9.17) is 0 Å². The minimum atomic E-state index is -0.920. The second-order valence-corrected chi connectivity index (χ2v) is 7.34. The highest BCUT2D eigenvalue weighted by atomic mass is 32.2. The first-order valence-electron chi connectivity index (χ1n) is 7.72. The molecule has 1 heterocycles. The molecular formula is C16H24N4O2S. The predicted octanol–water partition coefficient (Wildman–Crippen LogP) is 2.26. The van der Waals surface area contributed by atoms with Crippen LogP contribution in [-0.2, 0) is 11.2 Å². The molecule has 6 nitrogen and oxygen atoms in total. The number of hydrogen-bond donors (Lipinski definition) is 2. The van der Waals surface area contributed by atoms with E-state index >= 15 is 0 Å². The van der Waals surface area contributed by atoms with Crippen molar-refractivity contribution in [1.29, 1.82) is 5.26 Å². The molecule has 0 fully saturated rings. The third-order valence-corrected chi connectivity index (χ3v) is 4.69. The monoisotopic (exact) mass is 336 g/mol. The van der Waals surface area contributed by atoms with Crippen LogP contribution < -0.4 is 10.9 Å². The molecule has 0 aliphatic rings. The molecule has 7 heteroatoms. The Labute approximate surface area is 141 Å². The van der Waals surface area contributed by atoms with E-state index < -0.39 is 10.8 Å². The minimum absolute atomic E-state index is 0.0144. The number of nitrogens with one attached hydrogen (secondary N) is 2. The van der Waals surface area contributed by atoms with Crippen molar-refractivity contribution in [2.24, 2.45) is 5.92 Å². The van der Waals surface area contributed by atoms with Crippen molar-refractivity contribution in [2.45, 2.75) is 63.4 Å². The molecule has 0 aromatic carbocycles. The van der Waals surface area contributed by atoms with Crippen molar-refractivity contribution in [3.05, 3.63) is 22.1 Å². The Morgan fingerprint density at radius 3 is 2.70 bits per heavy atom. The summed E-state index contributed by atoms with van der Waals surface area (Å²) in [5, 5.41) is 12.0. The standard InChI is InChI=1S/C16H24N4O2S/c1-6-7-12-8-13(21)19-15(18-12)23-11(4)14(22)20-16(5,9-17)10(2)3/h8,10-11H,6-7H2,1-5H3,(H,20,22)(H,18,19,21)/t11-,16-/m1/s1. The zero-order valence-corrected chi connectivity index (χ0v) is 15.1. The summed E-state index contributed by atoms with van der Waals surface area (Å²) in [6.07, 6.45) is 1.61. The lowest BCUT2D eigenvalue weighted by Gasteiger charge is -2.28. The first kappa shape index (κ1) is 19.2. The van der Waals surface area contributed by atoms with Gasteiger partial charge in [-0.3, -0.25) is 9.59 Å². The highest BCUT2D eigenvalue weighted by molar-refractivity contribution is 8.00. The van der Waals surface area contributed by atoms with Gasteiger partial charge >= 0.3 is 0 Å². The number of H-pyrrole nitrogens is 1. The van der Waals surface area contributed by atoms with Gasteiger partial charge in [0, 0.05) is 11.8 Å². The van der Waals surface area contributed by atoms with Gasteiger partial charge in [-0.2, -0.15) is 5.26 Å². The zero-order chi connectivity index (χ0) is 17.6. The highest BCUT2D eigenvalue weighted by Crippen LogP contribution is 2.21. The van der Waals surface area contributed by atoms with E-state index in [9.17, 15) is 14.9 Å². The van der Waals surface area contributed by atoms with Crippen LogP contribution in [-0.4, -0.2) is 26.7 Å². The molecular weight excluding hydrogens is 312 g/mol. The summed E-state index contributed by atoms with van der Waals surface area (Å²) in [6.45, 7) is 9.21. The van der Waals surface area contributed by atoms with Gasteiger partial charge in [0.2, 0.25) is 5.91 Å². The molecule has 0 aliphatic heterocycles. The average Bonchev–Trinajstić information content (AvgIpc) is 2.46. The van der Waals surface area contributed by atoms with Gasteiger partial charge in [-0.1, -0.05) is 39.0 Å². The molecule has 2 atom stereocenters. The number of nitrogens with zero attached hydrogens (tertiary/aromatic N) is 2. The number of thioether (sulfide) groups is 1. The number of amides is 1. The van der Waals surface area contributed by atoms with Crippen LogP contribution in [0.5, 0.6) is 0 Å². The molecule has 1 rings (SSSR count). The second kappa shape index (κ2) is 8.16. The Hall–Kier alpha value is -1.81. The normalized spacial score (nSPS) is 14.8. The van der Waals surface area contributed by atoms with Crippen LogP contribution in [0.25, 0.3) is 0 Å². The number of aryl methyl sites for hydroxylation is 1. The molecule has 1 aromatic heterocycles. The Morgan fingerprint density at radius 1 is 1.52 bits per heavy atom. The van der Waals surface area contributed by atoms with Crippen LogP contribution in [0, 0.1) is 17.2 Å². The molecule has 0 saturated carbocycles. The van der Waals surface area contributed by atoms with Crippen molar-refractivity contribution in [3.8, 4) is 6.07 Å². The van der Waals surface area contributed by atoms with Crippen molar-refractivity contribution < 1.29 is 4.79 Å². The maximum Gasteiger partial charge on any atom is 0.251 e. The van der Waals surface area contributed by atoms with E-state index in [1.54, 1.807) is 13.8 Å². The molecule has 0 bridgehead atoms. The average molecular weight is 336 g/mol. The van der Waals surface area contributed by atoms with Gasteiger partial charge in [-0.25, -0.2) is 4.98 Å². The predicted molar refractivity (Wildman–Crippen MR) is 91.2 cm³/mol. The quantitative estimate of drug-likeness (QED) is 0.588. The van der Waals surface area contributed by atoms with E-state index in [-0.39, 0.29) is 17.4 Å². The third kappa shape index (κ3) is 5.39. The van der Waals surface area contributed by atoms with E-state index in [1.807, 2.05) is 20.8 Å². The van der Waals surface area contributed by atoms with Gasteiger partial charge < -0.3 is 10.3 Å². The number of carbonyl (C=O) groups is 1. The highest BCUT2D eigenvalue weighted by Gasteiger charge is 2.32. The summed E-state index contributed by atoms with van der Waals surface area (Å²) in [4.78, 5) is 31.0. The Bertz CT molecular complexity index is 650. The van der Waals surface area contributed by atoms with Crippen molar-refractivity contribution in [3.63, 3.8) is 0 Å². The third-order valence-electron chi connectivity index (χ3n) is 3.71. The molecule has 0 saturated heterocycles. The topological polar surface area (TPSA) is 98.6 Å². The lowest BCUT2D eigenvalue weighted by molar-refractivity contribution is -0.121. The van der Waals surface area contributed by atoms with Gasteiger partial charge in [0.15, 0.2) is 5.16 Å². The molecule has 23 heavy (non-hydrogen) atoms. The Balaban J connectivity index is 2.83. The van der Waals surface area contributed by atoms with Gasteiger partial charge in [0.25, 0.3) is 5.56 Å². The summed E-state index contributed by atoms with van der Waals surface area (Å²) < 4.78 is 0. The summed E-state index contributed by atoms with van der Waals surface area (Å²) in [5.74, 6) is -0.268. The van der Waals surface area contributed by atoms with E-state index in [0.29, 0.717) is 5.16 Å². The largest absolute Gasteiger partial charge is 0.337 e. The molecule has 1 aromatic rings. The first-order valence-corrected chi connectivity index (χ1v) is 8.60. The van der Waals surface area contributed by atoms with E-state index in [0.717, 1.165) is 18.5 Å². The number of aromatic nitrogens is 2. The van der Waals surface area contributed by atoms with Gasteiger partial charge in [0.05, 0.1) is 11.3 Å². The SMILES string of the molecule is CCCc1cc(=O)[nH]c(S[C@H](C)C(=O)N[C@](C)(C#N)C(C)C)n1. The van der Waals surface area contributed by atoms with Crippen LogP contribution in [0.1, 0.15) is 46.7 Å². The van der Waals surface area contributed by atoms with Crippen LogP contribution in [0.15, 0.2) is 16.0 Å². The number of aromatic amines is 1. The molecule has 0 aliphatic carbocycles. The fraction of sp³-hybridized carbons (Fsp3) is 0.625. The van der Waals surface area contributed by atoms with Crippen LogP contribution in [0.2, 0.25) is 0 Å². The minimum Gasteiger partial charge on any atom is -0.337 e. The molecule has 2 N–H and O–H groups in total. The van der Waals surface area contributed by atoms with E-state index in [1.165, 1.54) is 17.8 Å². The second-order valence-electron chi connectivity index (χ2n) is 6.01. The molecule has 1 amide bonds. The van der Waals surface area contributed by atoms with Gasteiger partial charge in [-0.15, -0.1) is 0 Å². The lowest BCUT2D eigenvalue weighted by Crippen LogP contribution is -2.51. The van der Waals surface area contributed by atoms with Crippen LogP contribution in [0.3, 0.4) is 0 Å². The van der Waals surface area contributed by atoms with E-state index in [2.05, 4.69) is 21.4 Å². The summed E-state index contributed by atoms with van der Waals surface area (Å²) in [6, 6.07) is 3.62. The number of hydrogen-bond acceptors (Lipinski definition) is 5. The van der Waals surface area contributed by atoms with Gasteiger partial charge in [-0.05, 0) is 26.2 Å². The van der Waals surface area contributed by atoms with Gasteiger partial charge in [0.1, 0.15) is 5.54 Å². The fourth-order valence-electron chi connectivity index (χ4n) is 1.80. The van der Waals surface area contributed by atoms with Crippen LogP contribution in [0.4, 0.5) is 0 Å². The van der Waals surface area contributed by atoms with Crippen molar-refractivity contribution in [1.82, 2.24) is 15.3 Å². The maximum absolute atomic E-state index is 12.3. The summed E-state index contributed by atoms with van der Waals surface area (Å²) >= 11 is 1.18. The molecule has 0 unspecified atom stereocenters. The number of rotatable bonds is 7. The number of carbonyl (C=O) groups excluding carboxylic acids is 1. The van der Waals surface area contributed by atoms with Crippen LogP contribution >= 0.6 is 11.8 Å². The lowest BCUT2D eigenvalue weighted by atomic mass is 9.90. The molecule has 0 spiro atoms. The molecule has 0 radical (unpaired) electrons. The summed E-state index contributed by atoms with van der Waals surface area (Å²) in [7, 11) is 0. The Kier molecular flexibility index (Phi) is 6.82. The summed E-state index contributed by atoms with van der Waals surface area (Å²) in [5.41, 5.74) is -0.422. The zero-order valence-electron chi connectivity index (χ0n) is 14.3. The maximum atomic E-state index is 12.3. The van der Waals surface area contributed by atoms with Crippen molar-refractivity contribution in [2.75, 3.05) is 0 Å². The smallest absolute Gasteiger partial charge is 0.251 e. The number of nitriles is 1. The molecule has 126 valence electrons. The fourth-order valence-corrected chi connectivity index (χ4v) is 2.63.